The number of benzene rings is 1. The van der Waals surface area contributed by atoms with Gasteiger partial charge in [0.25, 0.3) is 0 Å². The van der Waals surface area contributed by atoms with Crippen molar-refractivity contribution in [2.24, 2.45) is 0 Å². The molecule has 0 saturated heterocycles. The molecule has 0 bridgehead atoms. The van der Waals surface area contributed by atoms with E-state index in [-0.39, 0.29) is 12.1 Å². The molecule has 2 rings (SSSR count). The van der Waals surface area contributed by atoms with E-state index >= 15 is 0 Å². The van der Waals surface area contributed by atoms with Crippen molar-refractivity contribution in [3.8, 4) is 0 Å². The molecule has 1 aromatic rings. The summed E-state index contributed by atoms with van der Waals surface area (Å²) in [6.07, 6.45) is 3.25. The van der Waals surface area contributed by atoms with E-state index in [1.165, 1.54) is 12.6 Å². The normalized spacial score (nSPS) is 22.8. The van der Waals surface area contributed by atoms with E-state index in [1.807, 2.05) is 18.2 Å². The number of likely N-dealkylation sites (N-methyl/N-ethyl adjacent to an activating group) is 1. The molecule has 18 heavy (non-hydrogen) atoms. The smallest absolute Gasteiger partial charge is 0.302 e. The summed E-state index contributed by atoms with van der Waals surface area (Å²) in [6, 6.07) is 10.7. The Labute approximate surface area is 109 Å². The monoisotopic (exact) mass is 247 g/mol. The molecule has 1 aliphatic rings. The summed E-state index contributed by atoms with van der Waals surface area (Å²) in [7, 11) is 0. The Hall–Kier alpha value is -1.51. The lowest BCUT2D eigenvalue weighted by atomic mass is 10.1. The minimum Gasteiger partial charge on any atom is -0.460 e. The first kappa shape index (κ1) is 12.9. The number of hydrogen-bond donors (Lipinski definition) is 0. The molecule has 1 aliphatic carbocycles. The molecule has 0 heterocycles. The molecule has 98 valence electrons. The Kier molecular flexibility index (Phi) is 4.24. The Morgan fingerprint density at radius 3 is 2.67 bits per heavy atom. The summed E-state index contributed by atoms with van der Waals surface area (Å²) in [5.74, 6) is -0.170. The van der Waals surface area contributed by atoms with Gasteiger partial charge in [0.05, 0.1) is 6.04 Å². The van der Waals surface area contributed by atoms with Crippen LogP contribution < -0.4 is 4.90 Å². The fourth-order valence-electron chi connectivity index (χ4n) is 2.84. The first-order valence-electron chi connectivity index (χ1n) is 6.71. The van der Waals surface area contributed by atoms with Crippen LogP contribution in [0.5, 0.6) is 0 Å². The van der Waals surface area contributed by atoms with Gasteiger partial charge in [0.1, 0.15) is 6.10 Å². The zero-order chi connectivity index (χ0) is 13.0. The van der Waals surface area contributed by atoms with Crippen LogP contribution in [0.4, 0.5) is 5.69 Å². The Morgan fingerprint density at radius 2 is 2.06 bits per heavy atom. The highest BCUT2D eigenvalue weighted by molar-refractivity contribution is 5.66. The number of carbonyl (C=O) groups is 1. The molecule has 0 aromatic heterocycles. The standard InChI is InChI=1S/C15H21NO2/c1-3-16(13-8-5-4-6-9-13)14-10-7-11-15(14)18-12(2)17/h4-6,8-9,14-15H,3,7,10-11H2,1-2H3/t14-,15-/m0/s1. The maximum Gasteiger partial charge on any atom is 0.302 e. The van der Waals surface area contributed by atoms with Crippen molar-refractivity contribution in [1.82, 2.24) is 0 Å². The molecule has 1 fully saturated rings. The molecular formula is C15H21NO2. The molecule has 0 amide bonds. The zero-order valence-corrected chi connectivity index (χ0v) is 11.1. The largest absolute Gasteiger partial charge is 0.460 e. The minimum absolute atomic E-state index is 0.0441. The fourth-order valence-corrected chi connectivity index (χ4v) is 2.84. The van der Waals surface area contributed by atoms with Gasteiger partial charge >= 0.3 is 5.97 Å². The van der Waals surface area contributed by atoms with Crippen LogP contribution in [0.3, 0.4) is 0 Å². The van der Waals surface area contributed by atoms with Crippen molar-refractivity contribution in [1.29, 1.82) is 0 Å². The topological polar surface area (TPSA) is 29.5 Å². The molecule has 0 N–H and O–H groups in total. The Balaban J connectivity index is 2.14. The highest BCUT2D eigenvalue weighted by atomic mass is 16.5. The molecule has 0 aliphatic heterocycles. The second-order valence-electron chi connectivity index (χ2n) is 4.77. The molecule has 3 heteroatoms. The lowest BCUT2D eigenvalue weighted by molar-refractivity contribution is -0.146. The molecule has 3 nitrogen and oxygen atoms in total. The number of carbonyl (C=O) groups excluding carboxylic acids is 1. The van der Waals surface area contributed by atoms with Gasteiger partial charge in [-0.1, -0.05) is 18.2 Å². The average molecular weight is 247 g/mol. The van der Waals surface area contributed by atoms with Gasteiger partial charge in [-0.3, -0.25) is 4.79 Å². The zero-order valence-electron chi connectivity index (χ0n) is 11.1. The SMILES string of the molecule is CCN(c1ccccc1)[C@H]1CCC[C@@H]1OC(C)=O. The summed E-state index contributed by atoms with van der Waals surface area (Å²) in [4.78, 5) is 13.5. The Bertz CT molecular complexity index is 391. The molecule has 1 saturated carbocycles. The van der Waals surface area contributed by atoms with Crippen LogP contribution in [0.1, 0.15) is 33.1 Å². The summed E-state index contributed by atoms with van der Waals surface area (Å²) in [5.41, 5.74) is 1.21. The van der Waals surface area contributed by atoms with Gasteiger partial charge in [-0.2, -0.15) is 0 Å². The number of anilines is 1. The maximum atomic E-state index is 11.2. The summed E-state index contributed by atoms with van der Waals surface area (Å²) >= 11 is 0. The van der Waals surface area contributed by atoms with E-state index in [0.29, 0.717) is 6.04 Å². The molecule has 1 aromatic carbocycles. The van der Waals surface area contributed by atoms with Gasteiger partial charge in [0.2, 0.25) is 0 Å². The van der Waals surface area contributed by atoms with Crippen LogP contribution in [0.25, 0.3) is 0 Å². The van der Waals surface area contributed by atoms with Gasteiger partial charge in [-0.25, -0.2) is 0 Å². The van der Waals surface area contributed by atoms with Crippen molar-refractivity contribution in [3.05, 3.63) is 30.3 Å². The maximum absolute atomic E-state index is 11.2. The predicted molar refractivity (Wildman–Crippen MR) is 72.7 cm³/mol. The summed E-state index contributed by atoms with van der Waals surface area (Å²) in [6.45, 7) is 4.58. The average Bonchev–Trinajstić information content (AvgIpc) is 2.79. The summed E-state index contributed by atoms with van der Waals surface area (Å²) in [5, 5.41) is 0. The number of nitrogens with zero attached hydrogens (tertiary/aromatic N) is 1. The molecule has 2 atom stereocenters. The third-order valence-electron chi connectivity index (χ3n) is 3.56. The number of esters is 1. The Morgan fingerprint density at radius 1 is 1.33 bits per heavy atom. The van der Waals surface area contributed by atoms with Crippen LogP contribution >= 0.6 is 0 Å². The van der Waals surface area contributed by atoms with Crippen molar-refractivity contribution in [2.75, 3.05) is 11.4 Å². The second kappa shape index (κ2) is 5.89. The van der Waals surface area contributed by atoms with Crippen LogP contribution in [0.2, 0.25) is 0 Å². The van der Waals surface area contributed by atoms with Crippen molar-refractivity contribution in [3.63, 3.8) is 0 Å². The number of rotatable bonds is 4. The molecular weight excluding hydrogens is 226 g/mol. The van der Waals surface area contributed by atoms with E-state index in [2.05, 4.69) is 24.0 Å². The first-order chi connectivity index (χ1) is 8.72. The second-order valence-corrected chi connectivity index (χ2v) is 4.77. The van der Waals surface area contributed by atoms with Crippen LogP contribution in [-0.2, 0) is 9.53 Å². The highest BCUT2D eigenvalue weighted by Crippen LogP contribution is 2.30. The quantitative estimate of drug-likeness (QED) is 0.766. The van der Waals surface area contributed by atoms with Gasteiger partial charge in [-0.15, -0.1) is 0 Å². The van der Waals surface area contributed by atoms with Crippen LogP contribution in [0.15, 0.2) is 30.3 Å². The number of ether oxygens (including phenoxy) is 1. The number of para-hydroxylation sites is 1. The highest BCUT2D eigenvalue weighted by Gasteiger charge is 2.33. The van der Waals surface area contributed by atoms with Crippen LogP contribution in [-0.4, -0.2) is 24.7 Å². The molecule has 0 radical (unpaired) electrons. The third-order valence-corrected chi connectivity index (χ3v) is 3.56. The van der Waals surface area contributed by atoms with Crippen molar-refractivity contribution < 1.29 is 9.53 Å². The van der Waals surface area contributed by atoms with E-state index in [0.717, 1.165) is 25.8 Å². The summed E-state index contributed by atoms with van der Waals surface area (Å²) < 4.78 is 5.45. The van der Waals surface area contributed by atoms with Gasteiger partial charge in [0.15, 0.2) is 0 Å². The van der Waals surface area contributed by atoms with Gasteiger partial charge in [0, 0.05) is 19.2 Å². The van der Waals surface area contributed by atoms with Gasteiger partial charge in [-0.05, 0) is 38.3 Å². The van der Waals surface area contributed by atoms with Crippen molar-refractivity contribution in [2.45, 2.75) is 45.3 Å². The van der Waals surface area contributed by atoms with Crippen LogP contribution in [0, 0.1) is 0 Å². The van der Waals surface area contributed by atoms with E-state index in [1.54, 1.807) is 0 Å². The third kappa shape index (κ3) is 2.84. The lowest BCUT2D eigenvalue weighted by Gasteiger charge is -2.33. The number of hydrogen-bond acceptors (Lipinski definition) is 3. The predicted octanol–water partition coefficient (Wildman–Crippen LogP) is 3.00. The molecule has 0 unspecified atom stereocenters. The van der Waals surface area contributed by atoms with E-state index < -0.39 is 0 Å². The fraction of sp³-hybridized carbons (Fsp3) is 0.533. The van der Waals surface area contributed by atoms with Gasteiger partial charge < -0.3 is 9.64 Å². The lowest BCUT2D eigenvalue weighted by Crippen LogP contribution is -2.42. The first-order valence-corrected chi connectivity index (χ1v) is 6.71. The van der Waals surface area contributed by atoms with Crippen molar-refractivity contribution >= 4 is 11.7 Å². The van der Waals surface area contributed by atoms with E-state index in [4.69, 9.17) is 4.74 Å². The van der Waals surface area contributed by atoms with E-state index in [9.17, 15) is 4.79 Å². The minimum atomic E-state index is -0.170. The molecule has 0 spiro atoms.